The van der Waals surface area contributed by atoms with Crippen LogP contribution in [0, 0.1) is 0 Å². The highest BCUT2D eigenvalue weighted by Gasteiger charge is 2.23. The molecule has 8 heteroatoms. The summed E-state index contributed by atoms with van der Waals surface area (Å²) in [5.41, 5.74) is 2.68. The summed E-state index contributed by atoms with van der Waals surface area (Å²) in [5, 5.41) is 6.72. The highest BCUT2D eigenvalue weighted by Crippen LogP contribution is 2.21. The van der Waals surface area contributed by atoms with E-state index in [0.29, 0.717) is 5.82 Å². The first kappa shape index (κ1) is 18.1. The standard InChI is InChI=1S/C20H21N5O3/c1-12(19-23-17(24-28-19)14-7-5-9-21-11-14)22-18(26)15-10-13-6-3-4-8-16(13)25(2)20(15)27/h5,7,9-12H,3-4,6,8H2,1-2H3,(H,22,26). The molecular formula is C20H21N5O3. The lowest BCUT2D eigenvalue weighted by Gasteiger charge is -2.20. The van der Waals surface area contributed by atoms with Crippen molar-refractivity contribution < 1.29 is 9.32 Å². The number of carbonyl (C=O) groups is 1. The minimum atomic E-state index is -0.536. The molecule has 0 aliphatic heterocycles. The van der Waals surface area contributed by atoms with Crippen molar-refractivity contribution in [3.05, 3.63) is 63.7 Å². The van der Waals surface area contributed by atoms with Crippen LogP contribution in [0.3, 0.4) is 0 Å². The van der Waals surface area contributed by atoms with Gasteiger partial charge in [0.25, 0.3) is 11.5 Å². The van der Waals surface area contributed by atoms with Crippen LogP contribution in [0.1, 0.15) is 53.3 Å². The van der Waals surface area contributed by atoms with E-state index in [4.69, 9.17) is 4.52 Å². The molecule has 28 heavy (non-hydrogen) atoms. The molecule has 1 atom stereocenters. The molecule has 0 spiro atoms. The Hall–Kier alpha value is -3.29. The second kappa shape index (κ2) is 7.38. The van der Waals surface area contributed by atoms with Gasteiger partial charge in [0.1, 0.15) is 11.6 Å². The molecule has 1 amide bonds. The van der Waals surface area contributed by atoms with E-state index in [1.807, 2.05) is 6.07 Å². The van der Waals surface area contributed by atoms with E-state index < -0.39 is 11.9 Å². The third kappa shape index (κ3) is 3.33. The van der Waals surface area contributed by atoms with E-state index >= 15 is 0 Å². The number of hydrogen-bond acceptors (Lipinski definition) is 6. The van der Waals surface area contributed by atoms with Gasteiger partial charge in [-0.05, 0) is 56.4 Å². The maximum absolute atomic E-state index is 12.7. The second-order valence-corrected chi connectivity index (χ2v) is 6.99. The average molecular weight is 379 g/mol. The number of aromatic nitrogens is 4. The van der Waals surface area contributed by atoms with Gasteiger partial charge in [-0.2, -0.15) is 4.98 Å². The Labute approximate surface area is 161 Å². The van der Waals surface area contributed by atoms with Crippen molar-refractivity contribution in [2.45, 2.75) is 38.6 Å². The van der Waals surface area contributed by atoms with Crippen LogP contribution in [-0.2, 0) is 19.9 Å². The van der Waals surface area contributed by atoms with Gasteiger partial charge in [0, 0.05) is 30.7 Å². The second-order valence-electron chi connectivity index (χ2n) is 6.99. The number of fused-ring (bicyclic) bond motifs is 1. The van der Waals surface area contributed by atoms with Crippen LogP contribution in [0.5, 0.6) is 0 Å². The molecule has 4 rings (SSSR count). The van der Waals surface area contributed by atoms with E-state index in [9.17, 15) is 9.59 Å². The number of nitrogens with one attached hydrogen (secondary N) is 1. The molecule has 3 aromatic heterocycles. The minimum absolute atomic E-state index is 0.141. The summed E-state index contributed by atoms with van der Waals surface area (Å²) in [7, 11) is 1.73. The molecule has 8 nitrogen and oxygen atoms in total. The number of rotatable bonds is 4. The molecule has 1 unspecified atom stereocenters. The Kier molecular flexibility index (Phi) is 4.77. The topological polar surface area (TPSA) is 103 Å². The molecule has 1 aliphatic rings. The summed E-state index contributed by atoms with van der Waals surface area (Å²) in [6.07, 6.45) is 7.19. The Balaban J connectivity index is 1.55. The lowest BCUT2D eigenvalue weighted by atomic mass is 9.94. The van der Waals surface area contributed by atoms with Crippen molar-refractivity contribution in [1.29, 1.82) is 0 Å². The van der Waals surface area contributed by atoms with Gasteiger partial charge in [0.2, 0.25) is 11.7 Å². The Morgan fingerprint density at radius 2 is 2.14 bits per heavy atom. The third-order valence-electron chi connectivity index (χ3n) is 5.06. The monoisotopic (exact) mass is 379 g/mol. The van der Waals surface area contributed by atoms with Crippen LogP contribution in [-0.4, -0.2) is 25.6 Å². The van der Waals surface area contributed by atoms with Crippen molar-refractivity contribution in [2.75, 3.05) is 0 Å². The predicted molar refractivity (Wildman–Crippen MR) is 102 cm³/mol. The normalized spacial score (nSPS) is 14.4. The SMILES string of the molecule is CC(NC(=O)c1cc2c(n(C)c1=O)CCCC2)c1nc(-c2cccnc2)no1. The third-order valence-corrected chi connectivity index (χ3v) is 5.06. The molecule has 3 aromatic rings. The molecule has 0 bridgehead atoms. The van der Waals surface area contributed by atoms with E-state index in [1.54, 1.807) is 43.1 Å². The number of hydrogen-bond donors (Lipinski definition) is 1. The van der Waals surface area contributed by atoms with Crippen molar-refractivity contribution in [3.8, 4) is 11.4 Å². The highest BCUT2D eigenvalue weighted by atomic mass is 16.5. The van der Waals surface area contributed by atoms with Crippen LogP contribution in [0.25, 0.3) is 11.4 Å². The summed E-state index contributed by atoms with van der Waals surface area (Å²) in [6.45, 7) is 1.74. The Bertz CT molecular complexity index is 1070. The van der Waals surface area contributed by atoms with Gasteiger partial charge >= 0.3 is 0 Å². The zero-order valence-corrected chi connectivity index (χ0v) is 15.8. The number of pyridine rings is 2. The maximum atomic E-state index is 12.7. The molecule has 3 heterocycles. The molecule has 1 aliphatic carbocycles. The average Bonchev–Trinajstić information content (AvgIpc) is 3.22. The van der Waals surface area contributed by atoms with E-state index in [-0.39, 0.29) is 17.0 Å². The lowest BCUT2D eigenvalue weighted by Crippen LogP contribution is -2.35. The van der Waals surface area contributed by atoms with Crippen LogP contribution in [0.2, 0.25) is 0 Å². The van der Waals surface area contributed by atoms with Gasteiger partial charge in [-0.15, -0.1) is 0 Å². The lowest BCUT2D eigenvalue weighted by molar-refractivity contribution is 0.0930. The summed E-state index contributed by atoms with van der Waals surface area (Å²) in [5.74, 6) is 0.221. The van der Waals surface area contributed by atoms with Crippen molar-refractivity contribution >= 4 is 5.91 Å². The molecular weight excluding hydrogens is 358 g/mol. The van der Waals surface area contributed by atoms with Crippen LogP contribution in [0.4, 0.5) is 0 Å². The number of nitrogens with zero attached hydrogens (tertiary/aromatic N) is 4. The summed E-state index contributed by atoms with van der Waals surface area (Å²) >= 11 is 0. The fourth-order valence-corrected chi connectivity index (χ4v) is 3.51. The molecule has 1 N–H and O–H groups in total. The number of aryl methyl sites for hydroxylation is 1. The van der Waals surface area contributed by atoms with Gasteiger partial charge in [-0.3, -0.25) is 14.6 Å². The fourth-order valence-electron chi connectivity index (χ4n) is 3.51. The molecule has 0 fully saturated rings. The smallest absolute Gasteiger partial charge is 0.263 e. The first-order chi connectivity index (χ1) is 13.5. The van der Waals surface area contributed by atoms with Crippen molar-refractivity contribution in [2.24, 2.45) is 7.05 Å². The summed E-state index contributed by atoms with van der Waals surface area (Å²) < 4.78 is 6.87. The molecule has 0 aromatic carbocycles. The number of amides is 1. The van der Waals surface area contributed by atoms with Gasteiger partial charge < -0.3 is 14.4 Å². The van der Waals surface area contributed by atoms with E-state index in [2.05, 4.69) is 20.4 Å². The fraction of sp³-hybridized carbons (Fsp3) is 0.350. The van der Waals surface area contributed by atoms with Crippen LogP contribution in [0.15, 0.2) is 39.9 Å². The van der Waals surface area contributed by atoms with Gasteiger partial charge in [-0.25, -0.2) is 0 Å². The highest BCUT2D eigenvalue weighted by molar-refractivity contribution is 5.94. The zero-order valence-electron chi connectivity index (χ0n) is 15.8. The molecule has 0 radical (unpaired) electrons. The Morgan fingerprint density at radius 1 is 1.32 bits per heavy atom. The quantitative estimate of drug-likeness (QED) is 0.745. The first-order valence-corrected chi connectivity index (χ1v) is 9.31. The summed E-state index contributed by atoms with van der Waals surface area (Å²) in [4.78, 5) is 33.7. The molecule has 0 saturated heterocycles. The van der Waals surface area contributed by atoms with Crippen molar-refractivity contribution in [3.63, 3.8) is 0 Å². The first-order valence-electron chi connectivity index (χ1n) is 9.31. The van der Waals surface area contributed by atoms with Crippen LogP contribution < -0.4 is 10.9 Å². The molecule has 144 valence electrons. The predicted octanol–water partition coefficient (Wildman–Crippen LogP) is 2.20. The summed E-state index contributed by atoms with van der Waals surface area (Å²) in [6, 6.07) is 4.80. The largest absolute Gasteiger partial charge is 0.340 e. The number of carbonyl (C=O) groups excluding carboxylic acids is 1. The van der Waals surface area contributed by atoms with Gasteiger partial charge in [-0.1, -0.05) is 5.16 Å². The van der Waals surface area contributed by atoms with Crippen molar-refractivity contribution in [1.82, 2.24) is 25.0 Å². The molecule has 0 saturated carbocycles. The maximum Gasteiger partial charge on any atom is 0.263 e. The van der Waals surface area contributed by atoms with Crippen LogP contribution >= 0.6 is 0 Å². The Morgan fingerprint density at radius 3 is 2.93 bits per heavy atom. The zero-order chi connectivity index (χ0) is 19.7. The van der Waals surface area contributed by atoms with Gasteiger partial charge in [0.15, 0.2) is 0 Å². The minimum Gasteiger partial charge on any atom is -0.340 e. The van der Waals surface area contributed by atoms with Gasteiger partial charge in [0.05, 0.1) is 0 Å². The van der Waals surface area contributed by atoms with E-state index in [0.717, 1.165) is 42.5 Å². The van der Waals surface area contributed by atoms with E-state index in [1.165, 1.54) is 0 Å².